The van der Waals surface area contributed by atoms with Crippen LogP contribution in [0.4, 0.5) is 5.13 Å². The van der Waals surface area contributed by atoms with Gasteiger partial charge in [-0.05, 0) is 24.7 Å². The standard InChI is InChI=1S/C12H20N2S/c1-12(2,3)10-9-13-11(15-10)14-7-5-4-6-8-14/h9H,4-8H2,1-3H3. The molecule has 0 atom stereocenters. The molecule has 1 saturated heterocycles. The Balaban J connectivity index is 2.12. The molecule has 0 N–H and O–H groups in total. The first-order valence-corrected chi connectivity index (χ1v) is 6.60. The zero-order valence-corrected chi connectivity index (χ0v) is 10.7. The molecule has 2 nitrogen and oxygen atoms in total. The van der Waals surface area contributed by atoms with Crippen molar-refractivity contribution >= 4 is 16.5 Å². The van der Waals surface area contributed by atoms with E-state index in [1.165, 1.54) is 42.4 Å². The lowest BCUT2D eigenvalue weighted by Gasteiger charge is -2.26. The third-order valence-corrected chi connectivity index (χ3v) is 4.34. The number of hydrogen-bond acceptors (Lipinski definition) is 3. The Morgan fingerprint density at radius 3 is 2.40 bits per heavy atom. The summed E-state index contributed by atoms with van der Waals surface area (Å²) in [5, 5.41) is 1.22. The molecular weight excluding hydrogens is 204 g/mol. The van der Waals surface area contributed by atoms with Gasteiger partial charge in [0.25, 0.3) is 0 Å². The van der Waals surface area contributed by atoms with E-state index in [4.69, 9.17) is 0 Å². The van der Waals surface area contributed by atoms with Crippen LogP contribution in [0, 0.1) is 0 Å². The van der Waals surface area contributed by atoms with Gasteiger partial charge in [-0.3, -0.25) is 0 Å². The van der Waals surface area contributed by atoms with Crippen molar-refractivity contribution in [1.82, 2.24) is 4.98 Å². The summed E-state index contributed by atoms with van der Waals surface area (Å²) in [7, 11) is 0. The quantitative estimate of drug-likeness (QED) is 0.726. The predicted molar refractivity (Wildman–Crippen MR) is 66.9 cm³/mol. The molecule has 1 aromatic rings. The molecule has 0 unspecified atom stereocenters. The highest BCUT2D eigenvalue weighted by Gasteiger charge is 2.20. The number of anilines is 1. The van der Waals surface area contributed by atoms with E-state index in [9.17, 15) is 0 Å². The molecule has 2 heterocycles. The van der Waals surface area contributed by atoms with Crippen LogP contribution < -0.4 is 4.90 Å². The summed E-state index contributed by atoms with van der Waals surface area (Å²) in [6, 6.07) is 0. The molecule has 0 amide bonds. The second kappa shape index (κ2) is 4.12. The van der Waals surface area contributed by atoms with Crippen molar-refractivity contribution in [3.8, 4) is 0 Å². The van der Waals surface area contributed by atoms with Crippen molar-refractivity contribution < 1.29 is 0 Å². The Morgan fingerprint density at radius 2 is 1.87 bits per heavy atom. The molecule has 15 heavy (non-hydrogen) atoms. The van der Waals surface area contributed by atoms with Crippen LogP contribution in [0.3, 0.4) is 0 Å². The number of hydrogen-bond donors (Lipinski definition) is 0. The fourth-order valence-corrected chi connectivity index (χ4v) is 2.87. The zero-order chi connectivity index (χ0) is 10.9. The van der Waals surface area contributed by atoms with Gasteiger partial charge in [0.05, 0.1) is 0 Å². The largest absolute Gasteiger partial charge is 0.348 e. The average Bonchev–Trinajstić information content (AvgIpc) is 2.67. The summed E-state index contributed by atoms with van der Waals surface area (Å²) in [6.07, 6.45) is 6.08. The summed E-state index contributed by atoms with van der Waals surface area (Å²) in [5.41, 5.74) is 0.242. The van der Waals surface area contributed by atoms with Crippen LogP contribution in [0.5, 0.6) is 0 Å². The van der Waals surface area contributed by atoms with Gasteiger partial charge in [0, 0.05) is 24.2 Å². The molecule has 0 bridgehead atoms. The van der Waals surface area contributed by atoms with Crippen molar-refractivity contribution in [2.75, 3.05) is 18.0 Å². The lowest BCUT2D eigenvalue weighted by molar-refractivity contribution is 0.577. The first kappa shape index (κ1) is 10.9. The van der Waals surface area contributed by atoms with E-state index >= 15 is 0 Å². The van der Waals surface area contributed by atoms with Crippen LogP contribution in [0.15, 0.2) is 6.20 Å². The van der Waals surface area contributed by atoms with Crippen LogP contribution >= 0.6 is 11.3 Å². The van der Waals surface area contributed by atoms with Crippen LogP contribution in [0.25, 0.3) is 0 Å². The third kappa shape index (κ3) is 2.51. The Labute approximate surface area is 96.3 Å². The molecular formula is C12H20N2S. The SMILES string of the molecule is CC(C)(C)c1cnc(N2CCCCC2)s1. The van der Waals surface area contributed by atoms with Gasteiger partial charge in [-0.15, -0.1) is 11.3 Å². The van der Waals surface area contributed by atoms with E-state index in [-0.39, 0.29) is 5.41 Å². The molecule has 2 rings (SSSR count). The fourth-order valence-electron chi connectivity index (χ4n) is 1.84. The van der Waals surface area contributed by atoms with Gasteiger partial charge in [-0.1, -0.05) is 20.8 Å². The topological polar surface area (TPSA) is 16.1 Å². The molecule has 1 fully saturated rings. The lowest BCUT2D eigenvalue weighted by Crippen LogP contribution is -2.29. The maximum absolute atomic E-state index is 4.55. The molecule has 0 aliphatic carbocycles. The number of thiazole rings is 1. The Bertz CT molecular complexity index is 319. The fraction of sp³-hybridized carbons (Fsp3) is 0.750. The predicted octanol–water partition coefficient (Wildman–Crippen LogP) is 3.43. The minimum absolute atomic E-state index is 0.242. The van der Waals surface area contributed by atoms with Crippen LogP contribution in [0.1, 0.15) is 44.9 Å². The van der Waals surface area contributed by atoms with E-state index in [1.807, 2.05) is 11.3 Å². The smallest absolute Gasteiger partial charge is 0.185 e. The minimum Gasteiger partial charge on any atom is -0.348 e. The summed E-state index contributed by atoms with van der Waals surface area (Å²) in [6.45, 7) is 9.13. The molecule has 1 aromatic heterocycles. The molecule has 0 aromatic carbocycles. The average molecular weight is 224 g/mol. The lowest BCUT2D eigenvalue weighted by atomic mass is 9.96. The molecule has 0 saturated carbocycles. The summed E-state index contributed by atoms with van der Waals surface area (Å²) >= 11 is 1.86. The third-order valence-electron chi connectivity index (χ3n) is 2.86. The van der Waals surface area contributed by atoms with Crippen molar-refractivity contribution in [2.45, 2.75) is 45.4 Å². The minimum atomic E-state index is 0.242. The summed E-state index contributed by atoms with van der Waals surface area (Å²) in [5.74, 6) is 0. The number of rotatable bonds is 1. The van der Waals surface area contributed by atoms with Crippen molar-refractivity contribution in [3.63, 3.8) is 0 Å². The van der Waals surface area contributed by atoms with Crippen molar-refractivity contribution in [2.24, 2.45) is 0 Å². The molecule has 84 valence electrons. The Hall–Kier alpha value is -0.570. The van der Waals surface area contributed by atoms with Gasteiger partial charge >= 0.3 is 0 Å². The van der Waals surface area contributed by atoms with E-state index in [0.29, 0.717) is 0 Å². The highest BCUT2D eigenvalue weighted by atomic mass is 32.1. The van der Waals surface area contributed by atoms with Crippen molar-refractivity contribution in [3.05, 3.63) is 11.1 Å². The summed E-state index contributed by atoms with van der Waals surface area (Å²) < 4.78 is 0. The summed E-state index contributed by atoms with van der Waals surface area (Å²) in [4.78, 5) is 8.38. The second-order valence-corrected chi connectivity index (χ2v) is 6.31. The highest BCUT2D eigenvalue weighted by molar-refractivity contribution is 7.15. The molecule has 3 heteroatoms. The number of nitrogens with zero attached hydrogens (tertiary/aromatic N) is 2. The van der Waals surface area contributed by atoms with E-state index in [0.717, 1.165) is 0 Å². The van der Waals surface area contributed by atoms with E-state index < -0.39 is 0 Å². The van der Waals surface area contributed by atoms with E-state index in [2.05, 4.69) is 36.9 Å². The Kier molecular flexibility index (Phi) is 3.01. The van der Waals surface area contributed by atoms with Gasteiger partial charge in [0.1, 0.15) is 0 Å². The monoisotopic (exact) mass is 224 g/mol. The molecule has 1 aliphatic rings. The molecule has 0 radical (unpaired) electrons. The van der Waals surface area contributed by atoms with Gasteiger partial charge in [0.2, 0.25) is 0 Å². The number of aromatic nitrogens is 1. The van der Waals surface area contributed by atoms with Gasteiger partial charge in [0.15, 0.2) is 5.13 Å². The second-order valence-electron chi connectivity index (χ2n) is 5.30. The maximum Gasteiger partial charge on any atom is 0.185 e. The first-order chi connectivity index (χ1) is 7.07. The van der Waals surface area contributed by atoms with Gasteiger partial charge < -0.3 is 4.90 Å². The highest BCUT2D eigenvalue weighted by Crippen LogP contribution is 2.32. The van der Waals surface area contributed by atoms with Crippen LogP contribution in [-0.2, 0) is 5.41 Å². The molecule has 0 spiro atoms. The van der Waals surface area contributed by atoms with Crippen LogP contribution in [0.2, 0.25) is 0 Å². The van der Waals surface area contributed by atoms with Crippen molar-refractivity contribution in [1.29, 1.82) is 0 Å². The van der Waals surface area contributed by atoms with Gasteiger partial charge in [-0.2, -0.15) is 0 Å². The Morgan fingerprint density at radius 1 is 1.20 bits per heavy atom. The number of piperidine rings is 1. The maximum atomic E-state index is 4.55. The van der Waals surface area contributed by atoms with Gasteiger partial charge in [-0.25, -0.2) is 4.98 Å². The normalized spacial score (nSPS) is 18.2. The molecule has 1 aliphatic heterocycles. The zero-order valence-electron chi connectivity index (χ0n) is 9.92. The first-order valence-electron chi connectivity index (χ1n) is 5.78. The van der Waals surface area contributed by atoms with E-state index in [1.54, 1.807) is 0 Å². The van der Waals surface area contributed by atoms with Crippen LogP contribution in [-0.4, -0.2) is 18.1 Å².